The standard InChI is InChI=1S/C23H24N/c1-2-3-4-5-8-18-11-12-22-20(17-18)14-16-24-15-13-19-9-6-7-10-21(19)23(22)24/h6-7,9-17H,2-5,8H2,1H3/q+1. The lowest BCUT2D eigenvalue weighted by molar-refractivity contribution is -0.509. The van der Waals surface area contributed by atoms with Crippen molar-refractivity contribution in [1.82, 2.24) is 0 Å². The van der Waals surface area contributed by atoms with E-state index in [4.69, 9.17) is 0 Å². The van der Waals surface area contributed by atoms with E-state index in [-0.39, 0.29) is 0 Å². The molecular weight excluding hydrogens is 290 g/mol. The van der Waals surface area contributed by atoms with Crippen molar-refractivity contribution in [2.45, 2.75) is 39.0 Å². The van der Waals surface area contributed by atoms with Crippen LogP contribution < -0.4 is 4.40 Å². The van der Waals surface area contributed by atoms with Gasteiger partial charge in [0, 0.05) is 12.1 Å². The Kier molecular flexibility index (Phi) is 4.17. The van der Waals surface area contributed by atoms with Gasteiger partial charge >= 0.3 is 0 Å². The van der Waals surface area contributed by atoms with Crippen LogP contribution in [0.3, 0.4) is 0 Å². The maximum Gasteiger partial charge on any atom is 0.226 e. The van der Waals surface area contributed by atoms with E-state index in [2.05, 4.69) is 78.3 Å². The number of aromatic nitrogens is 1. The third-order valence-electron chi connectivity index (χ3n) is 4.99. The molecule has 0 unspecified atom stereocenters. The normalized spacial score (nSPS) is 11.5. The Morgan fingerprint density at radius 1 is 0.750 bits per heavy atom. The molecule has 1 heteroatoms. The molecule has 0 spiro atoms. The highest BCUT2D eigenvalue weighted by Gasteiger charge is 2.12. The number of hydrogen-bond donors (Lipinski definition) is 0. The first-order valence-corrected chi connectivity index (χ1v) is 9.11. The molecule has 120 valence electrons. The van der Waals surface area contributed by atoms with Gasteiger partial charge in [-0.25, -0.2) is 0 Å². The molecule has 0 amide bonds. The molecule has 0 aliphatic rings. The van der Waals surface area contributed by atoms with Crippen LogP contribution in [0, 0.1) is 0 Å². The molecule has 0 bridgehead atoms. The van der Waals surface area contributed by atoms with E-state index in [1.807, 2.05) is 0 Å². The van der Waals surface area contributed by atoms with Crippen LogP contribution in [0.5, 0.6) is 0 Å². The van der Waals surface area contributed by atoms with E-state index in [9.17, 15) is 0 Å². The average Bonchev–Trinajstić information content (AvgIpc) is 2.64. The van der Waals surface area contributed by atoms with E-state index >= 15 is 0 Å². The second-order valence-electron chi connectivity index (χ2n) is 6.71. The smallest absolute Gasteiger partial charge is 0.166 e. The first-order valence-electron chi connectivity index (χ1n) is 9.11. The number of rotatable bonds is 5. The molecule has 0 fully saturated rings. The maximum atomic E-state index is 2.38. The van der Waals surface area contributed by atoms with Crippen LogP contribution in [0.1, 0.15) is 38.2 Å². The molecule has 2 aromatic carbocycles. The summed E-state index contributed by atoms with van der Waals surface area (Å²) in [5.41, 5.74) is 2.77. The first-order chi connectivity index (χ1) is 11.9. The summed E-state index contributed by atoms with van der Waals surface area (Å²) in [6.45, 7) is 2.27. The summed E-state index contributed by atoms with van der Waals surface area (Å²) in [6, 6.07) is 20.1. The number of benzene rings is 2. The highest BCUT2D eigenvalue weighted by molar-refractivity contribution is 6.07. The number of aryl methyl sites for hydroxylation is 1. The van der Waals surface area contributed by atoms with Crippen LogP contribution in [-0.2, 0) is 6.42 Å². The van der Waals surface area contributed by atoms with Crippen LogP contribution in [-0.4, -0.2) is 0 Å². The van der Waals surface area contributed by atoms with Crippen molar-refractivity contribution in [2.24, 2.45) is 0 Å². The zero-order valence-corrected chi connectivity index (χ0v) is 14.3. The van der Waals surface area contributed by atoms with Gasteiger partial charge in [0.25, 0.3) is 0 Å². The summed E-state index contributed by atoms with van der Waals surface area (Å²) >= 11 is 0. The van der Waals surface area contributed by atoms with Crippen molar-refractivity contribution in [3.8, 4) is 0 Å². The van der Waals surface area contributed by atoms with Gasteiger partial charge in [0.2, 0.25) is 5.52 Å². The van der Waals surface area contributed by atoms with Crippen molar-refractivity contribution in [1.29, 1.82) is 0 Å². The molecular formula is C23H24N+. The van der Waals surface area contributed by atoms with Crippen molar-refractivity contribution in [3.63, 3.8) is 0 Å². The molecule has 0 saturated heterocycles. The lowest BCUT2D eigenvalue weighted by Gasteiger charge is -2.05. The van der Waals surface area contributed by atoms with E-state index in [0.29, 0.717) is 0 Å². The van der Waals surface area contributed by atoms with Crippen LogP contribution in [0.15, 0.2) is 67.0 Å². The molecule has 24 heavy (non-hydrogen) atoms. The van der Waals surface area contributed by atoms with Crippen molar-refractivity contribution >= 4 is 27.1 Å². The summed E-state index contributed by atoms with van der Waals surface area (Å²) in [4.78, 5) is 0. The number of hydrogen-bond acceptors (Lipinski definition) is 0. The number of nitrogens with zero attached hydrogens (tertiary/aromatic N) is 1. The summed E-state index contributed by atoms with van der Waals surface area (Å²) in [5.74, 6) is 0. The largest absolute Gasteiger partial charge is 0.226 e. The number of pyridine rings is 2. The van der Waals surface area contributed by atoms with Gasteiger partial charge in [0.05, 0.1) is 10.8 Å². The minimum absolute atomic E-state index is 1.19. The van der Waals surface area contributed by atoms with Gasteiger partial charge in [-0.1, -0.05) is 56.5 Å². The third-order valence-corrected chi connectivity index (χ3v) is 4.99. The highest BCUT2D eigenvalue weighted by Crippen LogP contribution is 2.25. The van der Waals surface area contributed by atoms with E-state index < -0.39 is 0 Å². The zero-order chi connectivity index (χ0) is 16.4. The quantitative estimate of drug-likeness (QED) is 0.247. The molecule has 4 rings (SSSR count). The Balaban J connectivity index is 1.81. The van der Waals surface area contributed by atoms with E-state index in [1.165, 1.54) is 64.7 Å². The fraction of sp³-hybridized carbons (Fsp3) is 0.261. The van der Waals surface area contributed by atoms with Crippen LogP contribution in [0.2, 0.25) is 0 Å². The minimum Gasteiger partial charge on any atom is -0.166 e. The molecule has 0 N–H and O–H groups in total. The minimum atomic E-state index is 1.19. The third kappa shape index (κ3) is 2.75. The van der Waals surface area contributed by atoms with Crippen LogP contribution in [0.4, 0.5) is 0 Å². The SMILES string of the molecule is CCCCCCc1ccc2c(cc[n+]3ccc4ccccc4c23)c1. The molecule has 1 nitrogen and oxygen atoms in total. The molecule has 0 aliphatic carbocycles. The first kappa shape index (κ1) is 15.1. The van der Waals surface area contributed by atoms with E-state index in [0.717, 1.165) is 0 Å². The fourth-order valence-corrected chi connectivity index (χ4v) is 3.68. The predicted molar refractivity (Wildman–Crippen MR) is 102 cm³/mol. The Bertz CT molecular complexity index is 1000. The van der Waals surface area contributed by atoms with Crippen LogP contribution in [0.25, 0.3) is 27.1 Å². The molecule has 2 aromatic heterocycles. The molecule has 2 heterocycles. The van der Waals surface area contributed by atoms with Gasteiger partial charge in [0.15, 0.2) is 12.4 Å². The van der Waals surface area contributed by atoms with Gasteiger partial charge in [-0.2, -0.15) is 4.40 Å². The second-order valence-corrected chi connectivity index (χ2v) is 6.71. The number of unbranched alkanes of at least 4 members (excludes halogenated alkanes) is 3. The van der Waals surface area contributed by atoms with E-state index in [1.54, 1.807) is 0 Å². The highest BCUT2D eigenvalue weighted by atomic mass is 14.8. The van der Waals surface area contributed by atoms with Gasteiger partial charge in [-0.15, -0.1) is 0 Å². The Morgan fingerprint density at radius 3 is 2.42 bits per heavy atom. The van der Waals surface area contributed by atoms with Crippen LogP contribution >= 0.6 is 0 Å². The average molecular weight is 314 g/mol. The van der Waals surface area contributed by atoms with Gasteiger partial charge in [0.1, 0.15) is 0 Å². The second kappa shape index (κ2) is 6.60. The maximum absolute atomic E-state index is 2.38. The lowest BCUT2D eigenvalue weighted by atomic mass is 10.0. The van der Waals surface area contributed by atoms with Gasteiger partial charge in [-0.05, 0) is 41.3 Å². The fourth-order valence-electron chi connectivity index (χ4n) is 3.68. The lowest BCUT2D eigenvalue weighted by Crippen LogP contribution is -2.20. The molecule has 0 aliphatic heterocycles. The van der Waals surface area contributed by atoms with Crippen molar-refractivity contribution < 1.29 is 4.40 Å². The Morgan fingerprint density at radius 2 is 1.54 bits per heavy atom. The van der Waals surface area contributed by atoms with Gasteiger partial charge < -0.3 is 0 Å². The summed E-state index contributed by atoms with van der Waals surface area (Å²) in [6.07, 6.45) is 10.8. The topological polar surface area (TPSA) is 4.10 Å². The predicted octanol–water partition coefficient (Wildman–Crippen LogP) is 5.85. The monoisotopic (exact) mass is 314 g/mol. The Hall–Kier alpha value is -2.41. The van der Waals surface area contributed by atoms with Crippen molar-refractivity contribution in [2.75, 3.05) is 0 Å². The molecule has 0 atom stereocenters. The number of fused-ring (bicyclic) bond motifs is 5. The molecule has 0 radical (unpaired) electrons. The van der Waals surface area contributed by atoms with Crippen molar-refractivity contribution in [3.05, 3.63) is 72.6 Å². The summed E-state index contributed by atoms with van der Waals surface area (Å²) in [5, 5.41) is 5.31. The molecule has 0 saturated carbocycles. The van der Waals surface area contributed by atoms with Gasteiger partial charge in [-0.3, -0.25) is 0 Å². The Labute approximate surface area is 143 Å². The summed E-state index contributed by atoms with van der Waals surface area (Å²) < 4.78 is 2.24. The zero-order valence-electron chi connectivity index (χ0n) is 14.3. The molecule has 4 aromatic rings. The summed E-state index contributed by atoms with van der Waals surface area (Å²) in [7, 11) is 0.